The summed E-state index contributed by atoms with van der Waals surface area (Å²) in [6, 6.07) is 25.7. The number of rotatable bonds is 3. The summed E-state index contributed by atoms with van der Waals surface area (Å²) < 4.78 is 14.0. The van der Waals surface area contributed by atoms with Crippen LogP contribution in [-0.2, 0) is 5.41 Å². The van der Waals surface area contributed by atoms with Crippen LogP contribution in [0.2, 0.25) is 0 Å². The molecule has 4 nitrogen and oxygen atoms in total. The Morgan fingerprint density at radius 1 is 0.788 bits per heavy atom. The van der Waals surface area contributed by atoms with E-state index in [9.17, 15) is 0 Å². The molecule has 11 rings (SSSR count). The van der Waals surface area contributed by atoms with E-state index in [4.69, 9.17) is 9.47 Å². The minimum Gasteiger partial charge on any atom is -0.485 e. The number of ether oxygens (including phenoxy) is 2. The molecule has 1 N–H and O–H groups in total. The Balaban J connectivity index is 1.03. The fraction of sp³-hybridized carbons (Fsp3) is 0.292. The van der Waals surface area contributed by atoms with Crippen LogP contribution in [-0.4, -0.2) is 31.3 Å². The van der Waals surface area contributed by atoms with E-state index in [2.05, 4.69) is 156 Å². The molecule has 3 aromatic rings. The maximum absolute atomic E-state index is 7.09. The summed E-state index contributed by atoms with van der Waals surface area (Å²) in [5.41, 5.74) is 8.80. The second kappa shape index (κ2) is 12.0. The largest absolute Gasteiger partial charge is 0.485 e. The van der Waals surface area contributed by atoms with Crippen molar-refractivity contribution in [2.45, 2.75) is 55.2 Å². The molecule has 4 heteroatoms. The van der Waals surface area contributed by atoms with Crippen molar-refractivity contribution in [3.05, 3.63) is 179 Å². The fourth-order valence-corrected chi connectivity index (χ4v) is 11.0. The van der Waals surface area contributed by atoms with Gasteiger partial charge in [0.1, 0.15) is 23.4 Å². The van der Waals surface area contributed by atoms with Crippen LogP contribution < -0.4 is 19.7 Å². The summed E-state index contributed by atoms with van der Waals surface area (Å²) in [5, 5.41) is 3.56. The highest BCUT2D eigenvalue weighted by Crippen LogP contribution is 2.62. The van der Waals surface area contributed by atoms with Gasteiger partial charge in [0, 0.05) is 53.2 Å². The first-order chi connectivity index (χ1) is 25.8. The third kappa shape index (κ3) is 4.43. The first kappa shape index (κ1) is 30.6. The number of benzene rings is 3. The van der Waals surface area contributed by atoms with Crippen molar-refractivity contribution >= 4 is 11.3 Å². The monoisotopic (exact) mass is 680 g/mol. The fourth-order valence-electron chi connectivity index (χ4n) is 11.0. The molecule has 0 saturated carbocycles. The van der Waals surface area contributed by atoms with E-state index in [1.54, 1.807) is 0 Å². The van der Waals surface area contributed by atoms with Crippen LogP contribution in [0.5, 0.6) is 11.5 Å². The Bertz CT molecular complexity index is 2210. The summed E-state index contributed by atoms with van der Waals surface area (Å²) in [7, 11) is 0. The molecule has 1 spiro atoms. The second-order valence-corrected chi connectivity index (χ2v) is 15.7. The lowest BCUT2D eigenvalue weighted by Gasteiger charge is -2.52. The molecule has 0 bridgehead atoms. The van der Waals surface area contributed by atoms with Crippen molar-refractivity contribution in [3.63, 3.8) is 0 Å². The van der Waals surface area contributed by atoms with Crippen LogP contribution in [0.3, 0.4) is 0 Å². The topological polar surface area (TPSA) is 33.7 Å². The van der Waals surface area contributed by atoms with Gasteiger partial charge in [-0.2, -0.15) is 0 Å². The smallest absolute Gasteiger partial charge is 0.131 e. The van der Waals surface area contributed by atoms with E-state index in [0.717, 1.165) is 56.0 Å². The number of nitrogens with zero attached hydrogens (tertiary/aromatic N) is 1. The molecule has 8 atom stereocenters. The zero-order valence-corrected chi connectivity index (χ0v) is 29.4. The molecule has 4 aliphatic carbocycles. The van der Waals surface area contributed by atoms with Gasteiger partial charge in [-0.1, -0.05) is 121 Å². The molecule has 8 unspecified atom stereocenters. The molecule has 0 radical (unpaired) electrons. The van der Waals surface area contributed by atoms with E-state index >= 15 is 0 Å². The van der Waals surface area contributed by atoms with Gasteiger partial charge in [-0.15, -0.1) is 0 Å². The number of hydrogen-bond donors (Lipinski definition) is 1. The van der Waals surface area contributed by atoms with Crippen LogP contribution in [0, 0.1) is 17.8 Å². The lowest BCUT2D eigenvalue weighted by atomic mass is 9.55. The lowest BCUT2D eigenvalue weighted by Crippen LogP contribution is -2.52. The van der Waals surface area contributed by atoms with E-state index in [1.165, 1.54) is 39.1 Å². The standard InChI is InChI=1S/C48H44N2O2/c1-2-13-34(14-3-1)50-42-20-7-4-15-36(42)37-17-10-16-35(47(37)50)32-24-26-41-46(29-32)52-44-22-9-6-19-39(44)48(41)38-18-5-8-21-43(38)51-45-28-31(23-25-40(45)48)33-12-11-27-49-30-33/h1-10,12-13,15,17-26,28,32,34-35,37-38,43,47,49H,11,14,16,27,29-30H2. The van der Waals surface area contributed by atoms with E-state index < -0.39 is 5.41 Å². The summed E-state index contributed by atoms with van der Waals surface area (Å²) >= 11 is 0. The van der Waals surface area contributed by atoms with Crippen molar-refractivity contribution in [1.29, 1.82) is 0 Å². The molecular formula is C48H44N2O2. The maximum atomic E-state index is 7.09. The molecule has 4 heterocycles. The Labute approximate surface area is 306 Å². The van der Waals surface area contributed by atoms with Crippen LogP contribution in [0.4, 0.5) is 5.69 Å². The Morgan fingerprint density at radius 3 is 2.60 bits per heavy atom. The van der Waals surface area contributed by atoms with Gasteiger partial charge in [-0.3, -0.25) is 0 Å². The lowest BCUT2D eigenvalue weighted by molar-refractivity contribution is 0.130. The normalized spacial score (nSPS) is 33.0. The highest BCUT2D eigenvalue weighted by atomic mass is 16.5. The minimum absolute atomic E-state index is 0.0790. The molecular weight excluding hydrogens is 637 g/mol. The third-order valence-corrected chi connectivity index (χ3v) is 13.2. The third-order valence-electron chi connectivity index (χ3n) is 13.2. The average molecular weight is 681 g/mol. The number of allylic oxidation sites excluding steroid dienone is 9. The van der Waals surface area contributed by atoms with Gasteiger partial charge in [0.05, 0.1) is 11.5 Å². The quantitative estimate of drug-likeness (QED) is 0.280. The molecule has 0 fully saturated rings. The van der Waals surface area contributed by atoms with E-state index in [1.807, 2.05) is 0 Å². The highest BCUT2D eigenvalue weighted by molar-refractivity contribution is 5.73. The van der Waals surface area contributed by atoms with E-state index in [0.29, 0.717) is 29.8 Å². The number of hydrogen-bond acceptors (Lipinski definition) is 4. The van der Waals surface area contributed by atoms with Gasteiger partial charge < -0.3 is 19.7 Å². The minimum atomic E-state index is -0.438. The predicted molar refractivity (Wildman–Crippen MR) is 210 cm³/mol. The maximum Gasteiger partial charge on any atom is 0.131 e. The molecule has 0 amide bonds. The van der Waals surface area contributed by atoms with Gasteiger partial charge in [0.25, 0.3) is 0 Å². The first-order valence-corrected chi connectivity index (χ1v) is 19.4. The van der Waals surface area contributed by atoms with Gasteiger partial charge in [0.2, 0.25) is 0 Å². The number of nitrogens with one attached hydrogen (secondary N) is 1. The van der Waals surface area contributed by atoms with Gasteiger partial charge in [-0.05, 0) is 78.6 Å². The first-order valence-electron chi connectivity index (χ1n) is 19.4. The van der Waals surface area contributed by atoms with Crippen LogP contribution >= 0.6 is 0 Å². The summed E-state index contributed by atoms with van der Waals surface area (Å²) in [4.78, 5) is 2.78. The second-order valence-electron chi connectivity index (χ2n) is 15.7. The summed E-state index contributed by atoms with van der Waals surface area (Å²) in [6.07, 6.45) is 34.6. The Morgan fingerprint density at radius 2 is 1.67 bits per heavy atom. The molecule has 8 aliphatic rings. The number of fused-ring (bicyclic) bond motifs is 10. The van der Waals surface area contributed by atoms with Crippen molar-refractivity contribution in [2.24, 2.45) is 17.8 Å². The predicted octanol–water partition coefficient (Wildman–Crippen LogP) is 9.51. The SMILES string of the molecule is C1=CCC(N2c3ccccc3C3C=CCC(C4C=CC5=C(C4)Oc4ccccc4C54c5ccc(C6=CCCNC6)cc5OC5C=CC=CC54)C32)C=C1. The molecule has 3 aromatic carbocycles. The van der Waals surface area contributed by atoms with Crippen molar-refractivity contribution in [2.75, 3.05) is 18.0 Å². The number of anilines is 1. The zero-order chi connectivity index (χ0) is 34.2. The average Bonchev–Trinajstić information content (AvgIpc) is 3.56. The molecule has 0 saturated heterocycles. The zero-order valence-electron chi connectivity index (χ0n) is 29.4. The van der Waals surface area contributed by atoms with Crippen molar-refractivity contribution in [3.8, 4) is 11.5 Å². The molecule has 258 valence electrons. The van der Waals surface area contributed by atoms with Crippen molar-refractivity contribution < 1.29 is 9.47 Å². The van der Waals surface area contributed by atoms with Crippen LogP contribution in [0.25, 0.3) is 5.57 Å². The van der Waals surface area contributed by atoms with E-state index in [-0.39, 0.29) is 12.0 Å². The van der Waals surface area contributed by atoms with Crippen LogP contribution in [0.1, 0.15) is 53.9 Å². The van der Waals surface area contributed by atoms with Gasteiger partial charge in [0.15, 0.2) is 0 Å². The van der Waals surface area contributed by atoms with Gasteiger partial charge >= 0.3 is 0 Å². The summed E-state index contributed by atoms with van der Waals surface area (Å²) in [6.45, 7) is 1.93. The van der Waals surface area contributed by atoms with Crippen LogP contribution in [0.15, 0.2) is 157 Å². The van der Waals surface area contributed by atoms with Crippen molar-refractivity contribution in [1.82, 2.24) is 5.32 Å². The summed E-state index contributed by atoms with van der Waals surface area (Å²) in [5.74, 6) is 4.37. The molecule has 4 aliphatic heterocycles. The molecule has 0 aromatic heterocycles. The Hall–Kier alpha value is -5.06. The van der Waals surface area contributed by atoms with Gasteiger partial charge in [-0.25, -0.2) is 0 Å². The number of para-hydroxylation sites is 2. The highest BCUT2D eigenvalue weighted by Gasteiger charge is 2.57. The Kier molecular flexibility index (Phi) is 7.05. The molecule has 52 heavy (non-hydrogen) atoms.